The Balaban J connectivity index is 1.83. The molecule has 8 heteroatoms. The number of nitrogens with zero attached hydrogens (tertiary/aromatic N) is 1. The number of aromatic amines is 1. The van der Waals surface area contributed by atoms with E-state index in [0.717, 1.165) is 5.57 Å². The van der Waals surface area contributed by atoms with Crippen molar-refractivity contribution in [3.8, 4) is 0 Å². The highest BCUT2D eigenvalue weighted by Crippen LogP contribution is 2.25. The zero-order valence-electron chi connectivity index (χ0n) is 14.0. The molecule has 136 valence electrons. The summed E-state index contributed by atoms with van der Waals surface area (Å²) < 4.78 is 5.30. The summed E-state index contributed by atoms with van der Waals surface area (Å²) in [7, 11) is 0. The van der Waals surface area contributed by atoms with Crippen molar-refractivity contribution in [1.29, 1.82) is 0 Å². The van der Waals surface area contributed by atoms with Crippen LogP contribution in [0.15, 0.2) is 36.5 Å². The Kier molecular flexibility index (Phi) is 5.70. The van der Waals surface area contributed by atoms with Crippen molar-refractivity contribution in [3.05, 3.63) is 58.4 Å². The second-order valence-corrected chi connectivity index (χ2v) is 6.40. The third-order valence-electron chi connectivity index (χ3n) is 4.13. The summed E-state index contributed by atoms with van der Waals surface area (Å²) in [4.78, 5) is 24.3. The quantitative estimate of drug-likeness (QED) is 0.719. The van der Waals surface area contributed by atoms with Crippen LogP contribution in [-0.4, -0.2) is 35.2 Å². The number of nitrogens with one attached hydrogen (secondary N) is 2. The summed E-state index contributed by atoms with van der Waals surface area (Å²) in [5.74, 6) is -0.859. The number of halogens is 1. The molecule has 4 N–H and O–H groups in total. The van der Waals surface area contributed by atoms with Crippen LogP contribution in [0.25, 0.3) is 5.57 Å². The van der Waals surface area contributed by atoms with Crippen LogP contribution in [-0.2, 0) is 9.53 Å². The molecule has 2 amide bonds. The maximum absolute atomic E-state index is 12.8. The lowest BCUT2D eigenvalue weighted by atomic mass is 10.0. The molecule has 1 aromatic heterocycles. The monoisotopic (exact) mass is 374 g/mol. The fraction of sp³-hybridized carbons (Fsp3) is 0.278. The molecule has 2 heterocycles. The van der Waals surface area contributed by atoms with Gasteiger partial charge in [0, 0.05) is 5.02 Å². The van der Waals surface area contributed by atoms with E-state index in [-0.39, 0.29) is 12.3 Å². The van der Waals surface area contributed by atoms with Gasteiger partial charge >= 0.3 is 0 Å². The average molecular weight is 375 g/mol. The molecule has 0 aliphatic carbocycles. The van der Waals surface area contributed by atoms with Gasteiger partial charge in [0.2, 0.25) is 5.91 Å². The highest BCUT2D eigenvalue weighted by Gasteiger charge is 2.23. The number of hydrogen-bond donors (Lipinski definition) is 3. The third-order valence-corrected chi connectivity index (χ3v) is 4.37. The zero-order valence-corrected chi connectivity index (χ0v) is 14.8. The molecule has 26 heavy (non-hydrogen) atoms. The van der Waals surface area contributed by atoms with Gasteiger partial charge < -0.3 is 15.8 Å². The van der Waals surface area contributed by atoms with E-state index in [1.54, 1.807) is 24.3 Å². The number of hydrogen-bond acceptors (Lipinski definition) is 4. The van der Waals surface area contributed by atoms with Crippen LogP contribution in [0.1, 0.15) is 40.5 Å². The van der Waals surface area contributed by atoms with Gasteiger partial charge in [-0.25, -0.2) is 0 Å². The summed E-state index contributed by atoms with van der Waals surface area (Å²) in [5, 5.41) is 10.2. The molecular weight excluding hydrogens is 356 g/mol. The molecule has 0 radical (unpaired) electrons. The molecule has 1 atom stereocenters. The number of carbonyl (C=O) groups is 2. The summed E-state index contributed by atoms with van der Waals surface area (Å²) in [6, 6.07) is 6.39. The standard InChI is InChI=1S/C18H19ClN4O3/c19-13-3-1-2-12(8-13)15(9-16(20)24)22-18(25)14-10-21-23-17(14)11-4-6-26-7-5-11/h1-4,8,10,15H,5-7,9H2,(H2,20,24)(H,21,23)(H,22,25)/t15-/m0/s1. The van der Waals surface area contributed by atoms with Crippen molar-refractivity contribution < 1.29 is 14.3 Å². The van der Waals surface area contributed by atoms with E-state index < -0.39 is 11.9 Å². The van der Waals surface area contributed by atoms with Crippen molar-refractivity contribution in [1.82, 2.24) is 15.5 Å². The SMILES string of the molecule is NC(=O)C[C@H](NC(=O)c1cn[nH]c1C1=CCOCC1)c1cccc(Cl)c1. The predicted octanol–water partition coefficient (Wildman–Crippen LogP) is 2.21. The summed E-state index contributed by atoms with van der Waals surface area (Å²) in [6.45, 7) is 1.10. The van der Waals surface area contributed by atoms with Gasteiger partial charge in [-0.05, 0) is 29.7 Å². The molecule has 0 bridgehead atoms. The van der Waals surface area contributed by atoms with Crippen LogP contribution in [0, 0.1) is 0 Å². The van der Waals surface area contributed by atoms with Gasteiger partial charge in [0.05, 0.1) is 43.1 Å². The minimum Gasteiger partial charge on any atom is -0.377 e. The Bertz CT molecular complexity index is 846. The average Bonchev–Trinajstić information content (AvgIpc) is 3.11. The largest absolute Gasteiger partial charge is 0.377 e. The number of H-pyrrole nitrogens is 1. The second kappa shape index (κ2) is 8.16. The van der Waals surface area contributed by atoms with Crippen LogP contribution < -0.4 is 11.1 Å². The van der Waals surface area contributed by atoms with Gasteiger partial charge in [0.1, 0.15) is 0 Å². The summed E-state index contributed by atoms with van der Waals surface area (Å²) in [6.07, 6.45) is 4.06. The minimum atomic E-state index is -0.579. The predicted molar refractivity (Wildman–Crippen MR) is 97.5 cm³/mol. The highest BCUT2D eigenvalue weighted by molar-refractivity contribution is 6.30. The van der Waals surface area contributed by atoms with E-state index in [1.807, 2.05) is 6.08 Å². The number of rotatable bonds is 6. The van der Waals surface area contributed by atoms with Gasteiger partial charge in [0.25, 0.3) is 5.91 Å². The first-order chi connectivity index (χ1) is 12.5. The Labute approximate surface area is 155 Å². The fourth-order valence-corrected chi connectivity index (χ4v) is 3.07. The van der Waals surface area contributed by atoms with Crippen LogP contribution in [0.2, 0.25) is 5.02 Å². The number of amides is 2. The van der Waals surface area contributed by atoms with Crippen molar-refractivity contribution >= 4 is 29.0 Å². The molecule has 3 rings (SSSR count). The molecule has 2 aromatic rings. The van der Waals surface area contributed by atoms with E-state index in [0.29, 0.717) is 41.5 Å². The van der Waals surface area contributed by atoms with Gasteiger partial charge in [0.15, 0.2) is 0 Å². The molecule has 0 unspecified atom stereocenters. The molecule has 0 fully saturated rings. The Morgan fingerprint density at radius 3 is 2.96 bits per heavy atom. The molecule has 0 saturated heterocycles. The molecule has 7 nitrogen and oxygen atoms in total. The lowest BCUT2D eigenvalue weighted by molar-refractivity contribution is -0.118. The van der Waals surface area contributed by atoms with Crippen molar-refractivity contribution in [2.24, 2.45) is 5.73 Å². The number of ether oxygens (including phenoxy) is 1. The van der Waals surface area contributed by atoms with E-state index in [4.69, 9.17) is 22.1 Å². The van der Waals surface area contributed by atoms with E-state index in [2.05, 4.69) is 15.5 Å². The number of aromatic nitrogens is 2. The van der Waals surface area contributed by atoms with Crippen LogP contribution in [0.3, 0.4) is 0 Å². The molecule has 0 saturated carbocycles. The number of carbonyl (C=O) groups excluding carboxylic acids is 2. The van der Waals surface area contributed by atoms with Gasteiger partial charge in [-0.15, -0.1) is 0 Å². The first-order valence-corrected chi connectivity index (χ1v) is 8.57. The fourth-order valence-electron chi connectivity index (χ4n) is 2.87. The Morgan fingerprint density at radius 1 is 1.42 bits per heavy atom. The van der Waals surface area contributed by atoms with E-state index in [9.17, 15) is 9.59 Å². The van der Waals surface area contributed by atoms with Crippen LogP contribution in [0.5, 0.6) is 0 Å². The third kappa shape index (κ3) is 4.30. The number of nitrogens with two attached hydrogens (primary N) is 1. The number of benzene rings is 1. The zero-order chi connectivity index (χ0) is 18.5. The van der Waals surface area contributed by atoms with E-state index >= 15 is 0 Å². The first kappa shape index (κ1) is 18.2. The van der Waals surface area contributed by atoms with E-state index in [1.165, 1.54) is 6.20 Å². The van der Waals surface area contributed by atoms with Gasteiger partial charge in [-0.2, -0.15) is 5.10 Å². The summed E-state index contributed by atoms with van der Waals surface area (Å²) >= 11 is 6.03. The Hall–Kier alpha value is -2.64. The number of primary amides is 1. The molecule has 1 aromatic carbocycles. The first-order valence-electron chi connectivity index (χ1n) is 8.19. The lowest BCUT2D eigenvalue weighted by Crippen LogP contribution is -2.32. The molecule has 0 spiro atoms. The summed E-state index contributed by atoms with van der Waals surface area (Å²) in [5.41, 5.74) is 8.11. The van der Waals surface area contributed by atoms with Crippen molar-refractivity contribution in [2.45, 2.75) is 18.9 Å². The van der Waals surface area contributed by atoms with Crippen molar-refractivity contribution in [3.63, 3.8) is 0 Å². The van der Waals surface area contributed by atoms with Gasteiger partial charge in [-0.1, -0.05) is 29.8 Å². The molecule has 1 aliphatic heterocycles. The molecular formula is C18H19ClN4O3. The van der Waals surface area contributed by atoms with Crippen LogP contribution in [0.4, 0.5) is 0 Å². The Morgan fingerprint density at radius 2 is 2.27 bits per heavy atom. The van der Waals surface area contributed by atoms with Crippen LogP contribution >= 0.6 is 11.6 Å². The maximum atomic E-state index is 12.8. The van der Waals surface area contributed by atoms with Gasteiger partial charge in [-0.3, -0.25) is 14.7 Å². The minimum absolute atomic E-state index is 0.0319. The lowest BCUT2D eigenvalue weighted by Gasteiger charge is -2.19. The topological polar surface area (TPSA) is 110 Å². The molecule has 1 aliphatic rings. The van der Waals surface area contributed by atoms with Crippen molar-refractivity contribution in [2.75, 3.05) is 13.2 Å². The maximum Gasteiger partial charge on any atom is 0.255 e. The normalized spacial score (nSPS) is 15.2. The second-order valence-electron chi connectivity index (χ2n) is 5.96. The highest BCUT2D eigenvalue weighted by atomic mass is 35.5. The smallest absolute Gasteiger partial charge is 0.255 e.